The van der Waals surface area contributed by atoms with Gasteiger partial charge >= 0.3 is 0 Å². The highest BCUT2D eigenvalue weighted by Gasteiger charge is 2.33. The second-order valence-corrected chi connectivity index (χ2v) is 5.99. The Morgan fingerprint density at radius 1 is 0.625 bits per heavy atom. The van der Waals surface area contributed by atoms with Crippen molar-refractivity contribution < 1.29 is 56.9 Å². The van der Waals surface area contributed by atoms with Crippen molar-refractivity contribution in [1.82, 2.24) is 0 Å². The SMILES string of the molecule is C[N+]1(CC[N+]2(C)CCCC2)CCCC1.[I-].[I-]. The van der Waals surface area contributed by atoms with Gasteiger partial charge in [-0.2, -0.15) is 0 Å². The Balaban J connectivity index is 0.00000112. The van der Waals surface area contributed by atoms with Gasteiger partial charge in [-0.3, -0.25) is 0 Å². The molecular formula is C12H26I2N2. The van der Waals surface area contributed by atoms with Gasteiger partial charge in [-0.25, -0.2) is 0 Å². The Bertz CT molecular complexity index is 175. The molecule has 2 aliphatic rings. The van der Waals surface area contributed by atoms with E-state index in [0.717, 1.165) is 0 Å². The number of hydrogen-bond donors (Lipinski definition) is 0. The van der Waals surface area contributed by atoms with Crippen LogP contribution in [0.15, 0.2) is 0 Å². The normalized spacial score (nSPS) is 25.9. The zero-order chi connectivity index (χ0) is 10.1. The molecule has 2 heterocycles. The number of nitrogens with zero attached hydrogens (tertiary/aromatic N) is 2. The van der Waals surface area contributed by atoms with Crippen molar-refractivity contribution in [2.45, 2.75) is 25.7 Å². The highest BCUT2D eigenvalue weighted by molar-refractivity contribution is 4.55. The molecule has 0 atom stereocenters. The molecular weight excluding hydrogens is 426 g/mol. The van der Waals surface area contributed by atoms with E-state index >= 15 is 0 Å². The van der Waals surface area contributed by atoms with Gasteiger partial charge in [-0.1, -0.05) is 0 Å². The lowest BCUT2D eigenvalue weighted by Crippen LogP contribution is -3.00. The monoisotopic (exact) mass is 452 g/mol. The average Bonchev–Trinajstić information content (AvgIpc) is 2.74. The summed E-state index contributed by atoms with van der Waals surface area (Å²) in [5.74, 6) is 0. The predicted molar refractivity (Wildman–Crippen MR) is 60.0 cm³/mol. The second kappa shape index (κ2) is 7.09. The molecule has 0 saturated carbocycles. The minimum absolute atomic E-state index is 0. The number of rotatable bonds is 3. The highest BCUT2D eigenvalue weighted by atomic mass is 127. The lowest BCUT2D eigenvalue weighted by atomic mass is 10.3. The maximum Gasteiger partial charge on any atom is 0.128 e. The van der Waals surface area contributed by atoms with Crippen molar-refractivity contribution in [3.8, 4) is 0 Å². The van der Waals surface area contributed by atoms with E-state index in [-0.39, 0.29) is 48.0 Å². The first-order chi connectivity index (χ1) is 6.62. The molecule has 16 heavy (non-hydrogen) atoms. The maximum absolute atomic E-state index is 2.45. The van der Waals surface area contributed by atoms with Gasteiger partial charge in [0.2, 0.25) is 0 Å². The van der Waals surface area contributed by atoms with Crippen molar-refractivity contribution in [3.63, 3.8) is 0 Å². The Morgan fingerprint density at radius 2 is 0.875 bits per heavy atom. The molecule has 2 fully saturated rings. The van der Waals surface area contributed by atoms with Crippen molar-refractivity contribution >= 4 is 0 Å². The van der Waals surface area contributed by atoms with Crippen LogP contribution in [-0.2, 0) is 0 Å². The van der Waals surface area contributed by atoms with Crippen molar-refractivity contribution in [1.29, 1.82) is 0 Å². The Labute approximate surface area is 135 Å². The molecule has 0 N–H and O–H groups in total. The molecule has 0 amide bonds. The topological polar surface area (TPSA) is 0 Å². The van der Waals surface area contributed by atoms with Gasteiger partial charge < -0.3 is 56.9 Å². The van der Waals surface area contributed by atoms with E-state index in [2.05, 4.69) is 14.1 Å². The maximum atomic E-state index is 2.45. The minimum Gasteiger partial charge on any atom is -1.00 e. The molecule has 4 heteroatoms. The van der Waals surface area contributed by atoms with Crippen molar-refractivity contribution in [2.24, 2.45) is 0 Å². The van der Waals surface area contributed by atoms with Gasteiger partial charge in [0.1, 0.15) is 13.1 Å². The van der Waals surface area contributed by atoms with Crippen LogP contribution in [-0.4, -0.2) is 62.3 Å². The van der Waals surface area contributed by atoms with Crippen LogP contribution in [0.5, 0.6) is 0 Å². The molecule has 98 valence electrons. The number of likely N-dealkylation sites (tertiary alicyclic amines) is 2. The average molecular weight is 452 g/mol. The summed E-state index contributed by atoms with van der Waals surface area (Å²) in [6.45, 7) is 8.55. The zero-order valence-electron chi connectivity index (χ0n) is 10.7. The Hall–Kier alpha value is 1.38. The van der Waals surface area contributed by atoms with Gasteiger partial charge in [-0.05, 0) is 0 Å². The summed E-state index contributed by atoms with van der Waals surface area (Å²) >= 11 is 0. The first-order valence-electron chi connectivity index (χ1n) is 6.29. The highest BCUT2D eigenvalue weighted by Crippen LogP contribution is 2.20. The zero-order valence-corrected chi connectivity index (χ0v) is 15.0. The molecule has 0 aromatic rings. The molecule has 0 bridgehead atoms. The summed E-state index contributed by atoms with van der Waals surface area (Å²) < 4.78 is 2.71. The van der Waals surface area contributed by atoms with E-state index in [0.29, 0.717) is 0 Å². The number of quaternary nitrogens is 2. The molecule has 2 aliphatic heterocycles. The van der Waals surface area contributed by atoms with Crippen molar-refractivity contribution in [2.75, 3.05) is 53.4 Å². The van der Waals surface area contributed by atoms with Gasteiger partial charge in [0.25, 0.3) is 0 Å². The fourth-order valence-electron chi connectivity index (χ4n) is 3.13. The van der Waals surface area contributed by atoms with Crippen LogP contribution in [0.4, 0.5) is 0 Å². The van der Waals surface area contributed by atoms with Gasteiger partial charge in [0.15, 0.2) is 0 Å². The molecule has 2 rings (SSSR count). The number of hydrogen-bond acceptors (Lipinski definition) is 0. The Morgan fingerprint density at radius 3 is 1.12 bits per heavy atom. The molecule has 0 aromatic heterocycles. The van der Waals surface area contributed by atoms with E-state index in [9.17, 15) is 0 Å². The van der Waals surface area contributed by atoms with Crippen molar-refractivity contribution in [3.05, 3.63) is 0 Å². The molecule has 2 saturated heterocycles. The van der Waals surface area contributed by atoms with Crippen LogP contribution < -0.4 is 48.0 Å². The predicted octanol–water partition coefficient (Wildman–Crippen LogP) is -4.52. The van der Waals surface area contributed by atoms with Crippen LogP contribution in [0.25, 0.3) is 0 Å². The third-order valence-electron chi connectivity index (χ3n) is 4.47. The van der Waals surface area contributed by atoms with Crippen LogP contribution in [0.1, 0.15) is 25.7 Å². The molecule has 2 nitrogen and oxygen atoms in total. The fourth-order valence-corrected chi connectivity index (χ4v) is 3.13. The summed E-state index contributed by atoms with van der Waals surface area (Å²) in [4.78, 5) is 0. The van der Waals surface area contributed by atoms with Crippen LogP contribution in [0, 0.1) is 0 Å². The lowest BCUT2D eigenvalue weighted by Gasteiger charge is -2.35. The van der Waals surface area contributed by atoms with E-state index in [4.69, 9.17) is 0 Å². The largest absolute Gasteiger partial charge is 1.00 e. The molecule has 0 radical (unpaired) electrons. The standard InChI is InChI=1S/C12H26N2.2HI/c1-13(7-3-4-8-13)11-12-14(2)9-5-6-10-14;;/h3-12H2,1-2H3;2*1H/q+2;;/p-2. The minimum atomic E-state index is 0. The first-order valence-corrected chi connectivity index (χ1v) is 6.29. The molecule has 0 spiro atoms. The van der Waals surface area contributed by atoms with Gasteiger partial charge in [-0.15, -0.1) is 0 Å². The van der Waals surface area contributed by atoms with Gasteiger partial charge in [0, 0.05) is 25.7 Å². The molecule has 0 aliphatic carbocycles. The van der Waals surface area contributed by atoms with E-state index < -0.39 is 0 Å². The quantitative estimate of drug-likeness (QED) is 0.299. The summed E-state index contributed by atoms with van der Waals surface area (Å²) in [5.41, 5.74) is 0. The van der Waals surface area contributed by atoms with Crippen LogP contribution in [0.2, 0.25) is 0 Å². The fraction of sp³-hybridized carbons (Fsp3) is 1.00. The Kier molecular flexibility index (Phi) is 7.70. The number of halogens is 2. The van der Waals surface area contributed by atoms with E-state index in [1.54, 1.807) is 0 Å². The first kappa shape index (κ1) is 17.4. The van der Waals surface area contributed by atoms with Crippen LogP contribution >= 0.6 is 0 Å². The molecule has 0 unspecified atom stereocenters. The van der Waals surface area contributed by atoms with E-state index in [1.807, 2.05) is 0 Å². The third kappa shape index (κ3) is 4.57. The summed E-state index contributed by atoms with van der Waals surface area (Å²) in [5, 5.41) is 0. The second-order valence-electron chi connectivity index (χ2n) is 5.99. The smallest absolute Gasteiger partial charge is 0.128 e. The van der Waals surface area contributed by atoms with E-state index in [1.165, 1.54) is 73.9 Å². The summed E-state index contributed by atoms with van der Waals surface area (Å²) in [7, 11) is 4.91. The number of likely N-dealkylation sites (N-methyl/N-ethyl adjacent to an activating group) is 2. The summed E-state index contributed by atoms with van der Waals surface area (Å²) in [6.07, 6.45) is 5.83. The third-order valence-corrected chi connectivity index (χ3v) is 4.47. The molecule has 0 aromatic carbocycles. The lowest BCUT2D eigenvalue weighted by molar-refractivity contribution is -0.952. The van der Waals surface area contributed by atoms with Gasteiger partial charge in [0.05, 0.1) is 40.3 Å². The van der Waals surface area contributed by atoms with Crippen LogP contribution in [0.3, 0.4) is 0 Å². The summed E-state index contributed by atoms with van der Waals surface area (Å²) in [6, 6.07) is 0.